The van der Waals surface area contributed by atoms with Gasteiger partial charge in [-0.15, -0.1) is 0 Å². The summed E-state index contributed by atoms with van der Waals surface area (Å²) in [6.07, 6.45) is 3.14. The van der Waals surface area contributed by atoms with E-state index in [2.05, 4.69) is 16.8 Å². The van der Waals surface area contributed by atoms with E-state index in [1.165, 1.54) is 5.56 Å². The Morgan fingerprint density at radius 1 is 1.05 bits per heavy atom. The van der Waals surface area contributed by atoms with Crippen LogP contribution in [0.3, 0.4) is 0 Å². The van der Waals surface area contributed by atoms with E-state index in [9.17, 15) is 5.11 Å². The van der Waals surface area contributed by atoms with Gasteiger partial charge in [0.05, 0.1) is 6.10 Å². The van der Waals surface area contributed by atoms with Crippen molar-refractivity contribution in [2.24, 2.45) is 0 Å². The topological polar surface area (TPSA) is 36.4 Å². The van der Waals surface area contributed by atoms with Crippen molar-refractivity contribution >= 4 is 0 Å². The Bertz CT molecular complexity index is 487. The van der Waals surface area contributed by atoms with E-state index in [1.807, 2.05) is 49.5 Å². The number of hydrogen-bond acceptors (Lipinski definition) is 3. The van der Waals surface area contributed by atoms with Crippen LogP contribution >= 0.6 is 0 Å². The van der Waals surface area contributed by atoms with Crippen molar-refractivity contribution in [3.05, 3.63) is 66.0 Å². The van der Waals surface area contributed by atoms with Gasteiger partial charge in [-0.2, -0.15) is 0 Å². The van der Waals surface area contributed by atoms with Crippen LogP contribution in [0, 0.1) is 0 Å². The summed E-state index contributed by atoms with van der Waals surface area (Å²) in [6, 6.07) is 14.0. The number of aliphatic hydroxyl groups excluding tert-OH is 1. The highest BCUT2D eigenvalue weighted by Crippen LogP contribution is 2.21. The third-order valence-electron chi connectivity index (χ3n) is 3.49. The first-order valence-corrected chi connectivity index (χ1v) is 6.51. The van der Waals surface area contributed by atoms with Crippen molar-refractivity contribution < 1.29 is 5.11 Å². The molecule has 0 aliphatic carbocycles. The van der Waals surface area contributed by atoms with Gasteiger partial charge in [-0.1, -0.05) is 30.3 Å². The van der Waals surface area contributed by atoms with E-state index in [0.29, 0.717) is 6.54 Å². The summed E-state index contributed by atoms with van der Waals surface area (Å²) in [6.45, 7) is 2.74. The Morgan fingerprint density at radius 3 is 2.32 bits per heavy atom. The van der Waals surface area contributed by atoms with Crippen molar-refractivity contribution in [2.75, 3.05) is 13.6 Å². The third kappa shape index (κ3) is 3.63. The zero-order valence-corrected chi connectivity index (χ0v) is 11.4. The highest BCUT2D eigenvalue weighted by atomic mass is 16.3. The van der Waals surface area contributed by atoms with Crippen molar-refractivity contribution in [3.63, 3.8) is 0 Å². The summed E-state index contributed by atoms with van der Waals surface area (Å²) < 4.78 is 0. The minimum Gasteiger partial charge on any atom is -0.387 e. The van der Waals surface area contributed by atoms with Crippen LogP contribution in [0.25, 0.3) is 0 Å². The lowest BCUT2D eigenvalue weighted by molar-refractivity contribution is 0.108. The molecule has 100 valence electrons. The number of benzene rings is 1. The molecule has 0 aliphatic rings. The van der Waals surface area contributed by atoms with Gasteiger partial charge in [0.1, 0.15) is 0 Å². The van der Waals surface area contributed by atoms with Gasteiger partial charge in [-0.25, -0.2) is 0 Å². The van der Waals surface area contributed by atoms with Gasteiger partial charge in [-0.05, 0) is 37.2 Å². The highest BCUT2D eigenvalue weighted by Gasteiger charge is 2.16. The van der Waals surface area contributed by atoms with Crippen LogP contribution in [0.15, 0.2) is 54.9 Å². The molecule has 2 aromatic rings. The Hall–Kier alpha value is -1.71. The van der Waals surface area contributed by atoms with Crippen LogP contribution in [-0.2, 0) is 0 Å². The second-order valence-corrected chi connectivity index (χ2v) is 4.82. The van der Waals surface area contributed by atoms with Crippen LogP contribution in [0.5, 0.6) is 0 Å². The summed E-state index contributed by atoms with van der Waals surface area (Å²) in [5.74, 6) is 0. The first-order chi connectivity index (χ1) is 9.18. The summed E-state index contributed by atoms with van der Waals surface area (Å²) >= 11 is 0. The van der Waals surface area contributed by atoms with Gasteiger partial charge in [-0.3, -0.25) is 9.88 Å². The molecule has 19 heavy (non-hydrogen) atoms. The molecule has 2 atom stereocenters. The molecule has 3 heteroatoms. The van der Waals surface area contributed by atoms with Crippen molar-refractivity contribution in [1.29, 1.82) is 0 Å². The molecule has 1 N–H and O–H groups in total. The Balaban J connectivity index is 1.99. The second-order valence-electron chi connectivity index (χ2n) is 4.82. The molecular formula is C16H20N2O. The van der Waals surface area contributed by atoms with Crippen molar-refractivity contribution in [2.45, 2.75) is 19.1 Å². The number of nitrogens with zero attached hydrogens (tertiary/aromatic N) is 2. The lowest BCUT2D eigenvalue weighted by Gasteiger charge is -2.27. The van der Waals surface area contributed by atoms with E-state index >= 15 is 0 Å². The van der Waals surface area contributed by atoms with Gasteiger partial charge in [0.2, 0.25) is 0 Å². The smallest absolute Gasteiger partial charge is 0.0917 e. The largest absolute Gasteiger partial charge is 0.387 e. The number of likely N-dealkylation sites (N-methyl/N-ethyl adjacent to an activating group) is 1. The molecule has 3 nitrogen and oxygen atoms in total. The van der Waals surface area contributed by atoms with Crippen LogP contribution in [-0.4, -0.2) is 28.6 Å². The van der Waals surface area contributed by atoms with Crippen molar-refractivity contribution in [3.8, 4) is 0 Å². The molecule has 0 bridgehead atoms. The normalized spacial score (nSPS) is 14.3. The SMILES string of the molecule is CC(c1ccncc1)N(C)CC(O)c1ccccc1. The van der Waals surface area contributed by atoms with Gasteiger partial charge < -0.3 is 5.11 Å². The minimum absolute atomic E-state index is 0.251. The van der Waals surface area contributed by atoms with Crippen molar-refractivity contribution in [1.82, 2.24) is 9.88 Å². The average Bonchev–Trinajstić information content (AvgIpc) is 2.48. The standard InChI is InChI=1S/C16H20N2O/c1-13(14-8-10-17-11-9-14)18(2)12-16(19)15-6-4-3-5-7-15/h3-11,13,16,19H,12H2,1-2H3. The molecule has 0 saturated heterocycles. The van der Waals surface area contributed by atoms with E-state index in [-0.39, 0.29) is 6.04 Å². The molecule has 1 heterocycles. The van der Waals surface area contributed by atoms with Crippen LogP contribution in [0.1, 0.15) is 30.2 Å². The quantitative estimate of drug-likeness (QED) is 0.893. The molecular weight excluding hydrogens is 236 g/mol. The van der Waals surface area contributed by atoms with E-state index < -0.39 is 6.10 Å². The fourth-order valence-corrected chi connectivity index (χ4v) is 2.11. The zero-order valence-electron chi connectivity index (χ0n) is 11.4. The number of aliphatic hydroxyl groups is 1. The summed E-state index contributed by atoms with van der Waals surface area (Å²) in [7, 11) is 2.03. The minimum atomic E-state index is -0.463. The lowest BCUT2D eigenvalue weighted by Crippen LogP contribution is -2.27. The van der Waals surface area contributed by atoms with Gasteiger partial charge in [0, 0.05) is 25.0 Å². The maximum absolute atomic E-state index is 10.2. The number of pyridine rings is 1. The molecule has 0 fully saturated rings. The van der Waals surface area contributed by atoms with Crippen LogP contribution in [0.4, 0.5) is 0 Å². The first kappa shape index (κ1) is 13.7. The third-order valence-corrected chi connectivity index (χ3v) is 3.49. The molecule has 0 saturated carbocycles. The van der Waals surface area contributed by atoms with E-state index in [0.717, 1.165) is 5.56 Å². The number of aromatic nitrogens is 1. The van der Waals surface area contributed by atoms with Gasteiger partial charge >= 0.3 is 0 Å². The summed E-state index contributed by atoms with van der Waals surface area (Å²) in [5.41, 5.74) is 2.16. The summed E-state index contributed by atoms with van der Waals surface area (Å²) in [4.78, 5) is 6.17. The molecule has 2 rings (SSSR count). The fourth-order valence-electron chi connectivity index (χ4n) is 2.11. The molecule has 1 aromatic carbocycles. The Kier molecular flexibility index (Phi) is 4.66. The maximum Gasteiger partial charge on any atom is 0.0917 e. The zero-order chi connectivity index (χ0) is 13.7. The monoisotopic (exact) mass is 256 g/mol. The molecule has 0 aliphatic heterocycles. The number of hydrogen-bond donors (Lipinski definition) is 1. The maximum atomic E-state index is 10.2. The molecule has 1 aromatic heterocycles. The second kappa shape index (κ2) is 6.45. The molecule has 0 amide bonds. The van der Waals surface area contributed by atoms with Crippen LogP contribution < -0.4 is 0 Å². The van der Waals surface area contributed by atoms with E-state index in [4.69, 9.17) is 0 Å². The van der Waals surface area contributed by atoms with Crippen LogP contribution in [0.2, 0.25) is 0 Å². The lowest BCUT2D eigenvalue weighted by atomic mass is 10.1. The Labute approximate surface area is 114 Å². The average molecular weight is 256 g/mol. The number of rotatable bonds is 5. The predicted molar refractivity (Wildman–Crippen MR) is 76.7 cm³/mol. The first-order valence-electron chi connectivity index (χ1n) is 6.51. The van der Waals surface area contributed by atoms with Gasteiger partial charge in [0.15, 0.2) is 0 Å². The fraction of sp³-hybridized carbons (Fsp3) is 0.312. The predicted octanol–water partition coefficient (Wildman–Crippen LogP) is 2.81. The molecule has 0 radical (unpaired) electrons. The summed E-state index contributed by atoms with van der Waals surface area (Å²) in [5, 5.41) is 10.2. The van der Waals surface area contributed by atoms with Gasteiger partial charge in [0.25, 0.3) is 0 Å². The Morgan fingerprint density at radius 2 is 1.68 bits per heavy atom. The van der Waals surface area contributed by atoms with E-state index in [1.54, 1.807) is 12.4 Å². The highest BCUT2D eigenvalue weighted by molar-refractivity contribution is 5.18. The molecule has 0 spiro atoms. The molecule has 2 unspecified atom stereocenters.